The third kappa shape index (κ3) is 4.70. The predicted molar refractivity (Wildman–Crippen MR) is 105 cm³/mol. The van der Waals surface area contributed by atoms with E-state index in [1.165, 1.54) is 5.56 Å². The summed E-state index contributed by atoms with van der Waals surface area (Å²) in [6, 6.07) is 21.3. The van der Waals surface area contributed by atoms with Crippen LogP contribution in [0.4, 0.5) is 0 Å². The number of nitrogens with zero attached hydrogens (tertiary/aromatic N) is 2. The number of carbonyl (C=O) groups is 1. The Morgan fingerprint density at radius 1 is 1.00 bits per heavy atom. The largest absolute Gasteiger partial charge is 0.334 e. The molecule has 2 aromatic carbocycles. The molecular formula is C22H21ClN2O. The first kappa shape index (κ1) is 18.2. The highest BCUT2D eigenvalue weighted by Crippen LogP contribution is 2.19. The molecule has 1 aromatic heterocycles. The molecule has 0 fully saturated rings. The SMILES string of the molecule is Cc1ccc(CN(CCc2ccccn2)C(=O)c2ccccc2Cl)cc1. The number of halogens is 1. The Labute approximate surface area is 159 Å². The van der Waals surface area contributed by atoms with Crippen molar-refractivity contribution in [3.8, 4) is 0 Å². The molecule has 3 rings (SSSR count). The van der Waals surface area contributed by atoms with Crippen molar-refractivity contribution in [1.82, 2.24) is 9.88 Å². The van der Waals surface area contributed by atoms with Gasteiger partial charge in [0.05, 0.1) is 10.6 Å². The number of rotatable bonds is 6. The van der Waals surface area contributed by atoms with Crippen LogP contribution in [-0.4, -0.2) is 22.3 Å². The number of pyridine rings is 1. The maximum atomic E-state index is 13.1. The second-order valence-corrected chi connectivity index (χ2v) is 6.67. The molecule has 3 nitrogen and oxygen atoms in total. The van der Waals surface area contributed by atoms with Gasteiger partial charge in [-0.15, -0.1) is 0 Å². The monoisotopic (exact) mass is 364 g/mol. The fourth-order valence-electron chi connectivity index (χ4n) is 2.77. The van der Waals surface area contributed by atoms with Gasteiger partial charge in [0.1, 0.15) is 0 Å². The number of amides is 1. The molecule has 0 bridgehead atoms. The average Bonchev–Trinajstić information content (AvgIpc) is 2.67. The Morgan fingerprint density at radius 3 is 2.42 bits per heavy atom. The maximum absolute atomic E-state index is 13.1. The predicted octanol–water partition coefficient (Wildman–Crippen LogP) is 4.93. The molecule has 26 heavy (non-hydrogen) atoms. The van der Waals surface area contributed by atoms with E-state index in [4.69, 9.17) is 11.6 Å². The number of aryl methyl sites for hydroxylation is 1. The summed E-state index contributed by atoms with van der Waals surface area (Å²) in [6.07, 6.45) is 2.47. The van der Waals surface area contributed by atoms with Gasteiger partial charge in [0.25, 0.3) is 5.91 Å². The fraction of sp³-hybridized carbons (Fsp3) is 0.182. The van der Waals surface area contributed by atoms with E-state index in [2.05, 4.69) is 36.2 Å². The Hall–Kier alpha value is -2.65. The first-order valence-electron chi connectivity index (χ1n) is 8.63. The van der Waals surface area contributed by atoms with Crippen molar-refractivity contribution in [3.63, 3.8) is 0 Å². The zero-order valence-electron chi connectivity index (χ0n) is 14.7. The van der Waals surface area contributed by atoms with Crippen LogP contribution in [0, 0.1) is 6.92 Å². The molecular weight excluding hydrogens is 344 g/mol. The Bertz CT molecular complexity index is 863. The summed E-state index contributed by atoms with van der Waals surface area (Å²) >= 11 is 6.24. The van der Waals surface area contributed by atoms with Crippen LogP contribution in [-0.2, 0) is 13.0 Å². The second-order valence-electron chi connectivity index (χ2n) is 6.26. The third-order valence-electron chi connectivity index (χ3n) is 4.25. The summed E-state index contributed by atoms with van der Waals surface area (Å²) < 4.78 is 0. The highest BCUT2D eigenvalue weighted by Gasteiger charge is 2.18. The van der Waals surface area contributed by atoms with E-state index in [0.717, 1.165) is 11.3 Å². The smallest absolute Gasteiger partial charge is 0.255 e. The molecule has 132 valence electrons. The highest BCUT2D eigenvalue weighted by atomic mass is 35.5. The van der Waals surface area contributed by atoms with Gasteiger partial charge in [0.15, 0.2) is 0 Å². The first-order valence-corrected chi connectivity index (χ1v) is 9.00. The normalized spacial score (nSPS) is 10.5. The summed E-state index contributed by atoms with van der Waals surface area (Å²) in [6.45, 7) is 3.17. The summed E-state index contributed by atoms with van der Waals surface area (Å²) in [4.78, 5) is 19.3. The van der Waals surface area contributed by atoms with Crippen molar-refractivity contribution in [2.75, 3.05) is 6.54 Å². The van der Waals surface area contributed by atoms with E-state index in [-0.39, 0.29) is 5.91 Å². The second kappa shape index (κ2) is 8.63. The molecule has 0 aliphatic carbocycles. The molecule has 4 heteroatoms. The van der Waals surface area contributed by atoms with Crippen LogP contribution in [0.2, 0.25) is 5.02 Å². The van der Waals surface area contributed by atoms with Crippen molar-refractivity contribution in [3.05, 3.63) is 100 Å². The molecule has 0 aliphatic heterocycles. The van der Waals surface area contributed by atoms with Gasteiger partial charge in [-0.05, 0) is 36.8 Å². The summed E-state index contributed by atoms with van der Waals surface area (Å²) in [5, 5.41) is 0.476. The van der Waals surface area contributed by atoms with Crippen LogP contribution >= 0.6 is 11.6 Å². The lowest BCUT2D eigenvalue weighted by atomic mass is 10.1. The minimum absolute atomic E-state index is 0.0629. The Balaban J connectivity index is 1.81. The van der Waals surface area contributed by atoms with Gasteiger partial charge in [0, 0.05) is 31.4 Å². The Kier molecular flexibility index (Phi) is 6.03. The van der Waals surface area contributed by atoms with Gasteiger partial charge in [-0.3, -0.25) is 9.78 Å². The van der Waals surface area contributed by atoms with Crippen LogP contribution in [0.15, 0.2) is 72.9 Å². The van der Waals surface area contributed by atoms with E-state index in [1.54, 1.807) is 18.3 Å². The van der Waals surface area contributed by atoms with Gasteiger partial charge in [-0.1, -0.05) is 59.6 Å². The molecule has 1 amide bonds. The molecule has 0 N–H and O–H groups in total. The van der Waals surface area contributed by atoms with Crippen LogP contribution in [0.1, 0.15) is 27.2 Å². The van der Waals surface area contributed by atoms with E-state index >= 15 is 0 Å². The molecule has 0 spiro atoms. The van der Waals surface area contributed by atoms with Crippen LogP contribution in [0.25, 0.3) is 0 Å². The number of benzene rings is 2. The highest BCUT2D eigenvalue weighted by molar-refractivity contribution is 6.33. The van der Waals surface area contributed by atoms with Crippen molar-refractivity contribution < 1.29 is 4.79 Å². The molecule has 1 heterocycles. The molecule has 0 saturated heterocycles. The van der Waals surface area contributed by atoms with Crippen LogP contribution < -0.4 is 0 Å². The Morgan fingerprint density at radius 2 is 1.73 bits per heavy atom. The first-order chi connectivity index (χ1) is 12.6. The average molecular weight is 365 g/mol. The summed E-state index contributed by atoms with van der Waals surface area (Å²) in [5.41, 5.74) is 3.79. The van der Waals surface area contributed by atoms with Crippen molar-refractivity contribution >= 4 is 17.5 Å². The number of hydrogen-bond donors (Lipinski definition) is 0. The maximum Gasteiger partial charge on any atom is 0.255 e. The lowest BCUT2D eigenvalue weighted by Gasteiger charge is -2.23. The number of carbonyl (C=O) groups excluding carboxylic acids is 1. The molecule has 0 saturated carbocycles. The lowest BCUT2D eigenvalue weighted by molar-refractivity contribution is 0.0745. The van der Waals surface area contributed by atoms with Crippen molar-refractivity contribution in [1.29, 1.82) is 0 Å². The quantitative estimate of drug-likeness (QED) is 0.621. The van der Waals surface area contributed by atoms with E-state index in [9.17, 15) is 4.79 Å². The van der Waals surface area contributed by atoms with E-state index < -0.39 is 0 Å². The molecule has 3 aromatic rings. The van der Waals surface area contributed by atoms with Crippen LogP contribution in [0.5, 0.6) is 0 Å². The number of hydrogen-bond acceptors (Lipinski definition) is 2. The molecule has 0 atom stereocenters. The fourth-order valence-corrected chi connectivity index (χ4v) is 2.98. The summed E-state index contributed by atoms with van der Waals surface area (Å²) in [5.74, 6) is -0.0629. The standard InChI is InChI=1S/C22H21ClN2O/c1-17-9-11-18(12-10-17)16-25(15-13-19-6-4-5-14-24-19)22(26)20-7-2-3-8-21(20)23/h2-12,14H,13,15-16H2,1H3. The molecule has 0 aliphatic rings. The molecule has 0 radical (unpaired) electrons. The van der Waals surface area contributed by atoms with Crippen molar-refractivity contribution in [2.24, 2.45) is 0 Å². The van der Waals surface area contributed by atoms with Gasteiger partial charge < -0.3 is 4.90 Å². The van der Waals surface area contributed by atoms with Crippen molar-refractivity contribution in [2.45, 2.75) is 19.9 Å². The zero-order chi connectivity index (χ0) is 18.4. The molecule has 0 unspecified atom stereocenters. The van der Waals surface area contributed by atoms with Gasteiger partial charge >= 0.3 is 0 Å². The van der Waals surface area contributed by atoms with Gasteiger partial charge in [-0.25, -0.2) is 0 Å². The third-order valence-corrected chi connectivity index (χ3v) is 4.58. The minimum Gasteiger partial charge on any atom is -0.334 e. The lowest BCUT2D eigenvalue weighted by Crippen LogP contribution is -2.32. The van der Waals surface area contributed by atoms with E-state index in [1.807, 2.05) is 35.2 Å². The minimum atomic E-state index is -0.0629. The summed E-state index contributed by atoms with van der Waals surface area (Å²) in [7, 11) is 0. The zero-order valence-corrected chi connectivity index (χ0v) is 15.5. The van der Waals surface area contributed by atoms with Gasteiger partial charge in [0.2, 0.25) is 0 Å². The number of aromatic nitrogens is 1. The van der Waals surface area contributed by atoms with E-state index in [0.29, 0.717) is 30.1 Å². The topological polar surface area (TPSA) is 33.2 Å². The van der Waals surface area contributed by atoms with Gasteiger partial charge in [-0.2, -0.15) is 0 Å². The van der Waals surface area contributed by atoms with Crippen LogP contribution in [0.3, 0.4) is 0 Å².